The van der Waals surface area contributed by atoms with Crippen LogP contribution in [0.3, 0.4) is 0 Å². The molecular formula is C26H28Cl2FN3O5. The van der Waals surface area contributed by atoms with Crippen molar-refractivity contribution in [3.05, 3.63) is 75.7 Å². The number of carboxylic acid groups (broad SMARTS) is 1. The number of carboxylic acids is 1. The molecule has 0 aliphatic carbocycles. The second-order valence-electron chi connectivity index (χ2n) is 9.81. The summed E-state index contributed by atoms with van der Waals surface area (Å²) in [5, 5.41) is 27.4. The Kier molecular flexibility index (Phi) is 8.52. The summed E-state index contributed by atoms with van der Waals surface area (Å²) >= 11 is 12.3. The highest BCUT2D eigenvalue weighted by molar-refractivity contribution is 6.42. The number of carbonyl (C=O) groups excluding carboxylic acids is 1. The maximum absolute atomic E-state index is 14.6. The Hall–Kier alpha value is -3.14. The molecule has 0 unspecified atom stereocenters. The van der Waals surface area contributed by atoms with Crippen molar-refractivity contribution >= 4 is 35.1 Å². The smallest absolute Gasteiger partial charge is 0.305 e. The van der Waals surface area contributed by atoms with E-state index in [0.29, 0.717) is 5.56 Å². The van der Waals surface area contributed by atoms with E-state index in [-0.39, 0.29) is 33.9 Å². The lowest BCUT2D eigenvalue weighted by Crippen LogP contribution is -2.45. The van der Waals surface area contributed by atoms with E-state index in [9.17, 15) is 24.2 Å². The minimum Gasteiger partial charge on any atom is -0.481 e. The number of rotatable bonds is 9. The summed E-state index contributed by atoms with van der Waals surface area (Å²) in [4.78, 5) is 24.7. The largest absolute Gasteiger partial charge is 0.481 e. The first-order valence-electron chi connectivity index (χ1n) is 11.4. The third-order valence-corrected chi connectivity index (χ3v) is 6.98. The van der Waals surface area contributed by atoms with E-state index in [1.807, 2.05) is 20.8 Å². The molecule has 198 valence electrons. The highest BCUT2D eigenvalue weighted by Gasteiger charge is 2.36. The first kappa shape index (κ1) is 28.4. The fourth-order valence-corrected chi connectivity index (χ4v) is 3.68. The third kappa shape index (κ3) is 6.60. The second-order valence-corrected chi connectivity index (χ2v) is 10.6. The van der Waals surface area contributed by atoms with Gasteiger partial charge in [0.15, 0.2) is 5.69 Å². The monoisotopic (exact) mass is 551 g/mol. The first-order chi connectivity index (χ1) is 17.2. The highest BCUT2D eigenvalue weighted by Crippen LogP contribution is 2.33. The van der Waals surface area contributed by atoms with Gasteiger partial charge in [-0.1, -0.05) is 68.2 Å². The van der Waals surface area contributed by atoms with Crippen LogP contribution in [0.25, 0.3) is 5.69 Å². The first-order valence-corrected chi connectivity index (χ1v) is 12.1. The molecule has 2 atom stereocenters. The molecule has 11 heteroatoms. The summed E-state index contributed by atoms with van der Waals surface area (Å²) in [6.07, 6.45) is -0.475. The number of para-hydroxylation sites is 1. The lowest BCUT2D eigenvalue weighted by atomic mass is 9.78. The number of halogens is 3. The molecule has 0 fully saturated rings. The van der Waals surface area contributed by atoms with Crippen LogP contribution in [-0.2, 0) is 4.79 Å². The standard InChI is InChI=1S/C26H28Cl2FN3O5/c1-25(2,3)26(4,36)14-37-21-12-19(31-32(21)20-11-6-5-10-17(20)29)24(35)30-18(13-22(33)34)15-8-7-9-16(27)23(15)28/h5-12,18,36H,13-14H2,1-4H3,(H,30,35)(H,33,34)/t18-,26+/m0/s1. The van der Waals surface area contributed by atoms with Crippen molar-refractivity contribution in [1.29, 1.82) is 0 Å². The number of ether oxygens (including phenoxy) is 1. The lowest BCUT2D eigenvalue weighted by molar-refractivity contribution is -0.137. The van der Waals surface area contributed by atoms with E-state index in [0.717, 1.165) is 4.68 Å². The van der Waals surface area contributed by atoms with Gasteiger partial charge < -0.3 is 20.3 Å². The van der Waals surface area contributed by atoms with Crippen molar-refractivity contribution in [3.8, 4) is 11.6 Å². The number of aliphatic hydroxyl groups is 1. The Morgan fingerprint density at radius 1 is 1.14 bits per heavy atom. The van der Waals surface area contributed by atoms with Gasteiger partial charge in [0.1, 0.15) is 23.7 Å². The minimum absolute atomic E-state index is 0.00958. The zero-order valence-corrected chi connectivity index (χ0v) is 22.3. The zero-order valence-electron chi connectivity index (χ0n) is 20.8. The Labute approximate surface area is 224 Å². The van der Waals surface area contributed by atoms with Crippen molar-refractivity contribution in [2.75, 3.05) is 6.61 Å². The fourth-order valence-electron chi connectivity index (χ4n) is 3.24. The number of hydrogen-bond acceptors (Lipinski definition) is 5. The number of carbonyl (C=O) groups is 2. The van der Waals surface area contributed by atoms with Gasteiger partial charge in [-0.05, 0) is 36.1 Å². The van der Waals surface area contributed by atoms with Crippen LogP contribution in [0.4, 0.5) is 4.39 Å². The summed E-state index contributed by atoms with van der Waals surface area (Å²) in [7, 11) is 0. The minimum atomic E-state index is -1.27. The molecule has 37 heavy (non-hydrogen) atoms. The van der Waals surface area contributed by atoms with E-state index in [4.69, 9.17) is 27.9 Å². The summed E-state index contributed by atoms with van der Waals surface area (Å²) in [5.41, 5.74) is -1.64. The lowest BCUT2D eigenvalue weighted by Gasteiger charge is -2.36. The number of amides is 1. The second kappa shape index (κ2) is 11.1. The number of nitrogens with one attached hydrogen (secondary N) is 1. The maximum atomic E-state index is 14.6. The van der Waals surface area contributed by atoms with Crippen LogP contribution in [0.5, 0.6) is 5.88 Å². The molecule has 3 N–H and O–H groups in total. The van der Waals surface area contributed by atoms with Gasteiger partial charge in [0.25, 0.3) is 5.91 Å². The summed E-state index contributed by atoms with van der Waals surface area (Å²) in [5.74, 6) is -2.52. The Bertz CT molecular complexity index is 1300. The Balaban J connectivity index is 1.98. The van der Waals surface area contributed by atoms with Crippen molar-refractivity contribution in [3.63, 3.8) is 0 Å². The average molecular weight is 552 g/mol. The molecule has 8 nitrogen and oxygen atoms in total. The highest BCUT2D eigenvalue weighted by atomic mass is 35.5. The van der Waals surface area contributed by atoms with Gasteiger partial charge in [-0.3, -0.25) is 9.59 Å². The molecule has 0 saturated carbocycles. The molecule has 3 rings (SSSR count). The maximum Gasteiger partial charge on any atom is 0.305 e. The van der Waals surface area contributed by atoms with Gasteiger partial charge in [0.2, 0.25) is 5.88 Å². The zero-order chi connectivity index (χ0) is 27.5. The average Bonchev–Trinajstić information content (AvgIpc) is 3.22. The molecule has 0 aliphatic heterocycles. The van der Waals surface area contributed by atoms with Gasteiger partial charge >= 0.3 is 5.97 Å². The summed E-state index contributed by atoms with van der Waals surface area (Å²) in [6, 6.07) is 10.7. The third-order valence-electron chi connectivity index (χ3n) is 6.15. The van der Waals surface area contributed by atoms with Crippen molar-refractivity contribution < 1.29 is 28.9 Å². The van der Waals surface area contributed by atoms with E-state index in [1.165, 1.54) is 24.3 Å². The van der Waals surface area contributed by atoms with Crippen LogP contribution >= 0.6 is 23.2 Å². The topological polar surface area (TPSA) is 114 Å². The van der Waals surface area contributed by atoms with Crippen molar-refractivity contribution in [2.45, 2.75) is 45.8 Å². The van der Waals surface area contributed by atoms with Crippen molar-refractivity contribution in [1.82, 2.24) is 15.1 Å². The number of aliphatic carboxylic acids is 1. The molecule has 0 bridgehead atoms. The molecule has 0 saturated heterocycles. The van der Waals surface area contributed by atoms with E-state index in [2.05, 4.69) is 10.4 Å². The Morgan fingerprint density at radius 2 is 1.81 bits per heavy atom. The van der Waals surface area contributed by atoms with E-state index in [1.54, 1.807) is 31.2 Å². The predicted octanol–water partition coefficient (Wildman–Crippen LogP) is 5.44. The number of benzene rings is 2. The van der Waals surface area contributed by atoms with Crippen LogP contribution < -0.4 is 10.1 Å². The molecule has 3 aromatic rings. The van der Waals surface area contributed by atoms with Crippen molar-refractivity contribution in [2.24, 2.45) is 5.41 Å². The number of nitrogens with zero attached hydrogens (tertiary/aromatic N) is 2. The molecule has 1 heterocycles. The van der Waals surface area contributed by atoms with Gasteiger partial charge in [0, 0.05) is 6.07 Å². The Morgan fingerprint density at radius 3 is 2.43 bits per heavy atom. The molecule has 0 aliphatic rings. The molecule has 0 spiro atoms. The normalized spacial score (nSPS) is 14.1. The van der Waals surface area contributed by atoms with Crippen LogP contribution in [0.1, 0.15) is 56.2 Å². The van der Waals surface area contributed by atoms with Gasteiger partial charge in [-0.2, -0.15) is 9.78 Å². The van der Waals surface area contributed by atoms with Gasteiger partial charge in [-0.15, -0.1) is 0 Å². The van der Waals surface area contributed by atoms with E-state index >= 15 is 0 Å². The molecule has 0 radical (unpaired) electrons. The molecule has 1 aromatic heterocycles. The number of aromatic nitrogens is 2. The van der Waals surface area contributed by atoms with E-state index < -0.39 is 41.2 Å². The fraction of sp³-hybridized carbons (Fsp3) is 0.346. The summed E-state index contributed by atoms with van der Waals surface area (Å²) in [6.45, 7) is 6.96. The molecule has 2 aromatic carbocycles. The van der Waals surface area contributed by atoms with Crippen LogP contribution in [0.2, 0.25) is 10.0 Å². The molecular weight excluding hydrogens is 524 g/mol. The van der Waals surface area contributed by atoms with Crippen LogP contribution in [0, 0.1) is 11.2 Å². The number of hydrogen-bond donors (Lipinski definition) is 3. The SMILES string of the molecule is CC(C)(C)[C@](C)(O)COc1cc(C(=O)N[C@@H](CC(=O)O)c2cccc(Cl)c2Cl)nn1-c1ccccc1F. The quantitative estimate of drug-likeness (QED) is 0.326. The summed E-state index contributed by atoms with van der Waals surface area (Å²) < 4.78 is 21.6. The molecule has 1 amide bonds. The van der Waals surface area contributed by atoms with Gasteiger partial charge in [0.05, 0.1) is 22.5 Å². The van der Waals surface area contributed by atoms with Crippen LogP contribution in [0.15, 0.2) is 48.5 Å². The predicted molar refractivity (Wildman–Crippen MR) is 138 cm³/mol. The van der Waals surface area contributed by atoms with Gasteiger partial charge in [-0.25, -0.2) is 4.39 Å². The van der Waals surface area contributed by atoms with Crippen LogP contribution in [-0.4, -0.2) is 44.1 Å².